The van der Waals surface area contributed by atoms with Gasteiger partial charge in [-0.3, -0.25) is 9.36 Å². The van der Waals surface area contributed by atoms with Gasteiger partial charge in [0.1, 0.15) is 0 Å². The first-order valence-electron chi connectivity index (χ1n) is 5.17. The van der Waals surface area contributed by atoms with Gasteiger partial charge in [-0.1, -0.05) is 0 Å². The van der Waals surface area contributed by atoms with Crippen LogP contribution in [-0.2, 0) is 11.3 Å². The second kappa shape index (κ2) is 4.44. The van der Waals surface area contributed by atoms with Gasteiger partial charge in [-0.2, -0.15) is 0 Å². The Morgan fingerprint density at radius 2 is 2.40 bits per heavy atom. The largest absolute Gasteiger partial charge is 0.378 e. The summed E-state index contributed by atoms with van der Waals surface area (Å²) in [6, 6.07) is 1.36. The summed E-state index contributed by atoms with van der Waals surface area (Å²) in [6.07, 6.45) is 4.40. The third kappa shape index (κ3) is 2.36. The number of hydrogen-bond acceptors (Lipinski definition) is 3. The molecule has 0 saturated carbocycles. The molecular formula is C10H14N2O3. The third-order valence-corrected chi connectivity index (χ3v) is 2.64. The number of nitrogens with one attached hydrogen (secondary N) is 1. The fraction of sp³-hybridized carbons (Fsp3) is 0.600. The maximum Gasteiger partial charge on any atom is 0.328 e. The highest BCUT2D eigenvalue weighted by Crippen LogP contribution is 2.15. The molecule has 0 amide bonds. The van der Waals surface area contributed by atoms with Crippen LogP contribution in [0.25, 0.3) is 0 Å². The van der Waals surface area contributed by atoms with Crippen molar-refractivity contribution in [2.24, 2.45) is 0 Å². The molecule has 1 N–H and O–H groups in total. The number of ether oxygens (including phenoxy) is 1. The lowest BCUT2D eigenvalue weighted by Gasteiger charge is -2.09. The van der Waals surface area contributed by atoms with Crippen molar-refractivity contribution in [3.63, 3.8) is 0 Å². The van der Waals surface area contributed by atoms with Crippen molar-refractivity contribution in [3.8, 4) is 0 Å². The Hall–Kier alpha value is -1.36. The fourth-order valence-corrected chi connectivity index (χ4v) is 1.81. The topological polar surface area (TPSA) is 64.1 Å². The number of nitrogens with zero attached hydrogens (tertiary/aromatic N) is 1. The Morgan fingerprint density at radius 1 is 1.53 bits per heavy atom. The van der Waals surface area contributed by atoms with E-state index in [1.54, 1.807) is 0 Å². The van der Waals surface area contributed by atoms with Crippen molar-refractivity contribution < 1.29 is 4.74 Å². The quantitative estimate of drug-likeness (QED) is 0.769. The molecule has 0 bridgehead atoms. The molecule has 1 aliphatic heterocycles. The van der Waals surface area contributed by atoms with Crippen LogP contribution >= 0.6 is 0 Å². The first kappa shape index (κ1) is 10.2. The van der Waals surface area contributed by atoms with Crippen molar-refractivity contribution in [3.05, 3.63) is 33.1 Å². The monoisotopic (exact) mass is 210 g/mol. The average molecular weight is 210 g/mol. The molecule has 1 aliphatic rings. The highest BCUT2D eigenvalue weighted by atomic mass is 16.5. The third-order valence-electron chi connectivity index (χ3n) is 2.64. The second-order valence-corrected chi connectivity index (χ2v) is 3.70. The van der Waals surface area contributed by atoms with Crippen LogP contribution in [0.4, 0.5) is 0 Å². The number of hydrogen-bond donors (Lipinski definition) is 1. The van der Waals surface area contributed by atoms with Crippen LogP contribution in [0.1, 0.15) is 19.3 Å². The Morgan fingerprint density at radius 3 is 3.07 bits per heavy atom. The molecule has 1 aromatic heterocycles. The molecule has 1 unspecified atom stereocenters. The Balaban J connectivity index is 2.04. The first-order valence-corrected chi connectivity index (χ1v) is 5.17. The zero-order valence-corrected chi connectivity index (χ0v) is 8.44. The number of aromatic amines is 1. The van der Waals surface area contributed by atoms with Crippen molar-refractivity contribution in [2.45, 2.75) is 31.9 Å². The maximum absolute atomic E-state index is 11.3. The van der Waals surface area contributed by atoms with Gasteiger partial charge in [0, 0.05) is 25.4 Å². The molecule has 5 heteroatoms. The van der Waals surface area contributed by atoms with E-state index in [-0.39, 0.29) is 17.4 Å². The van der Waals surface area contributed by atoms with E-state index in [2.05, 4.69) is 4.98 Å². The van der Waals surface area contributed by atoms with Gasteiger partial charge in [-0.05, 0) is 19.3 Å². The van der Waals surface area contributed by atoms with Gasteiger partial charge in [0.15, 0.2) is 0 Å². The van der Waals surface area contributed by atoms with E-state index in [4.69, 9.17) is 4.74 Å². The summed E-state index contributed by atoms with van der Waals surface area (Å²) in [5.74, 6) is 0. The van der Waals surface area contributed by atoms with Crippen LogP contribution in [0.15, 0.2) is 21.9 Å². The zero-order valence-electron chi connectivity index (χ0n) is 8.44. The van der Waals surface area contributed by atoms with E-state index in [0.29, 0.717) is 6.54 Å². The lowest BCUT2D eigenvalue weighted by Crippen LogP contribution is -2.34. The Labute approximate surface area is 86.7 Å². The average Bonchev–Trinajstić information content (AvgIpc) is 2.70. The standard InChI is InChI=1S/C10H14N2O3/c13-9-3-5-11-10(14)12(9)6-4-8-2-1-7-15-8/h3,5,8H,1-2,4,6-7H2,(H,11,14). The Kier molecular flexibility index (Phi) is 3.01. The first-order chi connectivity index (χ1) is 7.27. The predicted molar refractivity (Wildman–Crippen MR) is 54.9 cm³/mol. The molecule has 1 atom stereocenters. The van der Waals surface area contributed by atoms with Gasteiger partial charge < -0.3 is 9.72 Å². The molecule has 0 spiro atoms. The zero-order chi connectivity index (χ0) is 10.7. The molecule has 0 aliphatic carbocycles. The number of H-pyrrole nitrogens is 1. The summed E-state index contributed by atoms with van der Waals surface area (Å²) < 4.78 is 6.64. The van der Waals surface area contributed by atoms with Gasteiger partial charge in [0.25, 0.3) is 5.56 Å². The summed E-state index contributed by atoms with van der Waals surface area (Å²) in [5, 5.41) is 0. The van der Waals surface area contributed by atoms with E-state index in [1.807, 2.05) is 0 Å². The molecule has 0 aromatic carbocycles. The van der Waals surface area contributed by atoms with E-state index in [1.165, 1.54) is 16.8 Å². The number of rotatable bonds is 3. The van der Waals surface area contributed by atoms with Crippen LogP contribution in [0.2, 0.25) is 0 Å². The lowest BCUT2D eigenvalue weighted by atomic mass is 10.2. The van der Waals surface area contributed by atoms with Gasteiger partial charge in [0.2, 0.25) is 0 Å². The van der Waals surface area contributed by atoms with E-state index in [0.717, 1.165) is 25.9 Å². The summed E-state index contributed by atoms with van der Waals surface area (Å²) in [4.78, 5) is 25.1. The number of aromatic nitrogens is 2. The molecule has 15 heavy (non-hydrogen) atoms. The van der Waals surface area contributed by atoms with Crippen LogP contribution in [0.5, 0.6) is 0 Å². The lowest BCUT2D eigenvalue weighted by molar-refractivity contribution is 0.0998. The van der Waals surface area contributed by atoms with E-state index >= 15 is 0 Å². The van der Waals surface area contributed by atoms with E-state index < -0.39 is 0 Å². The van der Waals surface area contributed by atoms with Gasteiger partial charge in [-0.15, -0.1) is 0 Å². The summed E-state index contributed by atoms with van der Waals surface area (Å²) in [7, 11) is 0. The second-order valence-electron chi connectivity index (χ2n) is 3.70. The van der Waals surface area contributed by atoms with Crippen molar-refractivity contribution in [2.75, 3.05) is 6.61 Å². The van der Waals surface area contributed by atoms with Crippen molar-refractivity contribution >= 4 is 0 Å². The highest BCUT2D eigenvalue weighted by molar-refractivity contribution is 4.83. The highest BCUT2D eigenvalue weighted by Gasteiger charge is 2.15. The van der Waals surface area contributed by atoms with Crippen LogP contribution in [0.3, 0.4) is 0 Å². The van der Waals surface area contributed by atoms with Gasteiger partial charge >= 0.3 is 5.69 Å². The molecule has 2 rings (SSSR count). The minimum absolute atomic E-state index is 0.205. The summed E-state index contributed by atoms with van der Waals surface area (Å²) in [6.45, 7) is 1.23. The molecule has 1 aromatic rings. The normalized spacial score (nSPS) is 20.7. The molecule has 2 heterocycles. The van der Waals surface area contributed by atoms with Crippen molar-refractivity contribution in [1.29, 1.82) is 0 Å². The SMILES string of the molecule is O=c1cc[nH]c(=O)n1CCC1CCCO1. The van der Waals surface area contributed by atoms with Crippen LogP contribution in [-0.4, -0.2) is 22.3 Å². The fourth-order valence-electron chi connectivity index (χ4n) is 1.81. The molecular weight excluding hydrogens is 196 g/mol. The van der Waals surface area contributed by atoms with Crippen LogP contribution < -0.4 is 11.2 Å². The molecule has 5 nitrogen and oxygen atoms in total. The maximum atomic E-state index is 11.3. The molecule has 0 radical (unpaired) electrons. The summed E-state index contributed by atoms with van der Waals surface area (Å²) >= 11 is 0. The van der Waals surface area contributed by atoms with Gasteiger partial charge in [-0.25, -0.2) is 4.79 Å². The van der Waals surface area contributed by atoms with Gasteiger partial charge in [0.05, 0.1) is 6.10 Å². The smallest absolute Gasteiger partial charge is 0.328 e. The minimum Gasteiger partial charge on any atom is -0.378 e. The molecule has 1 fully saturated rings. The molecule has 82 valence electrons. The molecule has 1 saturated heterocycles. The summed E-state index contributed by atoms with van der Waals surface area (Å²) in [5.41, 5.74) is -0.600. The predicted octanol–water partition coefficient (Wildman–Crippen LogP) is 0.106. The Bertz CT molecular complexity index is 401. The van der Waals surface area contributed by atoms with Crippen molar-refractivity contribution in [1.82, 2.24) is 9.55 Å². The van der Waals surface area contributed by atoms with Crippen LogP contribution in [0, 0.1) is 0 Å². The van der Waals surface area contributed by atoms with E-state index in [9.17, 15) is 9.59 Å². The minimum atomic E-state index is -0.347.